The molecule has 2 N–H and O–H groups in total. The molecule has 0 bridgehead atoms. The Kier molecular flexibility index (Phi) is 3.72. The van der Waals surface area contributed by atoms with Crippen LogP contribution >= 0.6 is 11.8 Å². The standard InChI is InChI=1S/C12H11N3OS/c13-11(16)8-17-12-14-7-6-10(15-12)9-4-2-1-3-5-9/h1-7H,8H2,(H2,13,16). The first kappa shape index (κ1) is 11.6. The third kappa shape index (κ3) is 3.29. The number of carbonyl (C=O) groups is 1. The number of carbonyl (C=O) groups excluding carboxylic acids is 1. The van der Waals surface area contributed by atoms with E-state index in [1.165, 1.54) is 11.8 Å². The molecule has 0 aliphatic rings. The first-order valence-electron chi connectivity index (χ1n) is 5.05. The van der Waals surface area contributed by atoms with Crippen molar-refractivity contribution in [3.05, 3.63) is 42.6 Å². The van der Waals surface area contributed by atoms with Gasteiger partial charge in [0.15, 0.2) is 5.16 Å². The van der Waals surface area contributed by atoms with Gasteiger partial charge in [-0.2, -0.15) is 0 Å². The Hall–Kier alpha value is -1.88. The van der Waals surface area contributed by atoms with E-state index in [9.17, 15) is 4.79 Å². The van der Waals surface area contributed by atoms with Crippen LogP contribution in [0, 0.1) is 0 Å². The lowest BCUT2D eigenvalue weighted by molar-refractivity contribution is -0.115. The maximum absolute atomic E-state index is 10.7. The summed E-state index contributed by atoms with van der Waals surface area (Å²) in [4.78, 5) is 19.1. The van der Waals surface area contributed by atoms with Crippen LogP contribution in [0.5, 0.6) is 0 Å². The number of aromatic nitrogens is 2. The maximum atomic E-state index is 10.7. The summed E-state index contributed by atoms with van der Waals surface area (Å²) < 4.78 is 0. The minimum absolute atomic E-state index is 0.193. The van der Waals surface area contributed by atoms with E-state index in [0.717, 1.165) is 11.3 Å². The van der Waals surface area contributed by atoms with Crippen LogP contribution in [0.2, 0.25) is 0 Å². The fourth-order valence-corrected chi connectivity index (χ4v) is 1.89. The Balaban J connectivity index is 2.20. The monoisotopic (exact) mass is 245 g/mol. The highest BCUT2D eigenvalue weighted by molar-refractivity contribution is 7.99. The number of hydrogen-bond donors (Lipinski definition) is 1. The van der Waals surface area contributed by atoms with Crippen molar-refractivity contribution in [2.75, 3.05) is 5.75 Å². The van der Waals surface area contributed by atoms with Crippen LogP contribution in [0.15, 0.2) is 47.8 Å². The minimum Gasteiger partial charge on any atom is -0.369 e. The summed E-state index contributed by atoms with van der Waals surface area (Å²) in [5.41, 5.74) is 6.94. The number of nitrogens with zero attached hydrogens (tertiary/aromatic N) is 2. The van der Waals surface area contributed by atoms with Crippen molar-refractivity contribution < 1.29 is 4.79 Å². The minimum atomic E-state index is -0.372. The van der Waals surface area contributed by atoms with Crippen molar-refractivity contribution in [2.24, 2.45) is 5.73 Å². The zero-order valence-corrected chi connectivity index (χ0v) is 9.85. The van der Waals surface area contributed by atoms with Gasteiger partial charge >= 0.3 is 0 Å². The molecule has 2 aromatic rings. The summed E-state index contributed by atoms with van der Waals surface area (Å²) in [5.74, 6) is -0.179. The third-order valence-electron chi connectivity index (χ3n) is 2.05. The van der Waals surface area contributed by atoms with E-state index in [1.54, 1.807) is 6.20 Å². The third-order valence-corrected chi connectivity index (χ3v) is 2.93. The molecule has 4 nitrogen and oxygen atoms in total. The van der Waals surface area contributed by atoms with Gasteiger partial charge in [-0.15, -0.1) is 0 Å². The van der Waals surface area contributed by atoms with Crippen LogP contribution in [0.4, 0.5) is 0 Å². The number of amides is 1. The highest BCUT2D eigenvalue weighted by Gasteiger charge is 2.03. The van der Waals surface area contributed by atoms with E-state index in [1.807, 2.05) is 36.4 Å². The van der Waals surface area contributed by atoms with Gasteiger partial charge in [0.05, 0.1) is 11.4 Å². The maximum Gasteiger partial charge on any atom is 0.227 e. The highest BCUT2D eigenvalue weighted by atomic mass is 32.2. The average Bonchev–Trinajstić information content (AvgIpc) is 2.38. The lowest BCUT2D eigenvalue weighted by atomic mass is 10.1. The molecule has 17 heavy (non-hydrogen) atoms. The van der Waals surface area contributed by atoms with Gasteiger partial charge in [-0.1, -0.05) is 42.1 Å². The number of primary amides is 1. The first-order valence-corrected chi connectivity index (χ1v) is 6.04. The van der Waals surface area contributed by atoms with Gasteiger partial charge < -0.3 is 5.73 Å². The molecule has 1 heterocycles. The van der Waals surface area contributed by atoms with E-state index in [0.29, 0.717) is 5.16 Å². The largest absolute Gasteiger partial charge is 0.369 e. The number of hydrogen-bond acceptors (Lipinski definition) is 4. The van der Waals surface area contributed by atoms with E-state index < -0.39 is 0 Å². The normalized spacial score (nSPS) is 10.1. The summed E-state index contributed by atoms with van der Waals surface area (Å²) >= 11 is 1.24. The molecule has 0 saturated carbocycles. The van der Waals surface area contributed by atoms with Crippen LogP contribution in [-0.4, -0.2) is 21.6 Å². The van der Waals surface area contributed by atoms with Crippen molar-refractivity contribution in [3.8, 4) is 11.3 Å². The smallest absolute Gasteiger partial charge is 0.227 e. The van der Waals surface area contributed by atoms with Gasteiger partial charge in [-0.3, -0.25) is 4.79 Å². The molecule has 0 atom stereocenters. The number of rotatable bonds is 4. The predicted octanol–water partition coefficient (Wildman–Crippen LogP) is 1.72. The molecule has 0 radical (unpaired) electrons. The quantitative estimate of drug-likeness (QED) is 0.657. The lowest BCUT2D eigenvalue weighted by Gasteiger charge is -2.02. The van der Waals surface area contributed by atoms with Crippen molar-refractivity contribution in [2.45, 2.75) is 5.16 Å². The molecule has 86 valence electrons. The molecule has 2 rings (SSSR count). The topological polar surface area (TPSA) is 68.9 Å². The fraction of sp³-hybridized carbons (Fsp3) is 0.0833. The van der Waals surface area contributed by atoms with Crippen LogP contribution in [0.25, 0.3) is 11.3 Å². The molecule has 1 aromatic carbocycles. The molecule has 1 aromatic heterocycles. The SMILES string of the molecule is NC(=O)CSc1nccc(-c2ccccc2)n1. The van der Waals surface area contributed by atoms with Gasteiger partial charge in [0.1, 0.15) is 0 Å². The Morgan fingerprint density at radius 1 is 1.24 bits per heavy atom. The van der Waals surface area contributed by atoms with E-state index >= 15 is 0 Å². The number of nitrogens with two attached hydrogens (primary N) is 1. The fourth-order valence-electron chi connectivity index (χ4n) is 1.32. The van der Waals surface area contributed by atoms with Gasteiger partial charge in [0.2, 0.25) is 5.91 Å². The van der Waals surface area contributed by atoms with Crippen LogP contribution in [0.3, 0.4) is 0 Å². The average molecular weight is 245 g/mol. The molecule has 0 spiro atoms. The summed E-state index contributed by atoms with van der Waals surface area (Å²) in [6, 6.07) is 11.6. The Morgan fingerprint density at radius 3 is 2.71 bits per heavy atom. The molecule has 0 saturated heterocycles. The molecule has 1 amide bonds. The highest BCUT2D eigenvalue weighted by Crippen LogP contribution is 2.19. The van der Waals surface area contributed by atoms with Crippen LogP contribution in [-0.2, 0) is 4.79 Å². The number of benzene rings is 1. The zero-order chi connectivity index (χ0) is 12.1. The van der Waals surface area contributed by atoms with Gasteiger partial charge in [0, 0.05) is 11.8 Å². The second-order valence-electron chi connectivity index (χ2n) is 3.35. The Labute approximate surface area is 103 Å². The van der Waals surface area contributed by atoms with E-state index in [2.05, 4.69) is 9.97 Å². The lowest BCUT2D eigenvalue weighted by Crippen LogP contribution is -2.13. The van der Waals surface area contributed by atoms with Gasteiger partial charge in [-0.05, 0) is 6.07 Å². The molecule has 0 aliphatic carbocycles. The second kappa shape index (κ2) is 5.45. The predicted molar refractivity (Wildman–Crippen MR) is 67.4 cm³/mol. The summed E-state index contributed by atoms with van der Waals surface area (Å²) in [7, 11) is 0. The molecule has 0 unspecified atom stereocenters. The van der Waals surface area contributed by atoms with Crippen LogP contribution < -0.4 is 5.73 Å². The molecule has 0 fully saturated rings. The van der Waals surface area contributed by atoms with E-state index in [4.69, 9.17) is 5.73 Å². The van der Waals surface area contributed by atoms with Crippen LogP contribution in [0.1, 0.15) is 0 Å². The Morgan fingerprint density at radius 2 is 2.00 bits per heavy atom. The van der Waals surface area contributed by atoms with Crippen molar-refractivity contribution in [1.29, 1.82) is 0 Å². The molecular formula is C12H11N3OS. The zero-order valence-electron chi connectivity index (χ0n) is 9.04. The molecule has 5 heteroatoms. The summed E-state index contributed by atoms with van der Waals surface area (Å²) in [5, 5.41) is 0.560. The molecular weight excluding hydrogens is 234 g/mol. The summed E-state index contributed by atoms with van der Waals surface area (Å²) in [6.07, 6.45) is 1.68. The Bertz CT molecular complexity index is 516. The second-order valence-corrected chi connectivity index (χ2v) is 4.29. The van der Waals surface area contributed by atoms with Crippen molar-refractivity contribution in [1.82, 2.24) is 9.97 Å². The van der Waals surface area contributed by atoms with Crippen molar-refractivity contribution >= 4 is 17.7 Å². The first-order chi connectivity index (χ1) is 8.25. The van der Waals surface area contributed by atoms with E-state index in [-0.39, 0.29) is 11.7 Å². The van der Waals surface area contributed by atoms with Gasteiger partial charge in [-0.25, -0.2) is 9.97 Å². The summed E-state index contributed by atoms with van der Waals surface area (Å²) in [6.45, 7) is 0. The molecule has 0 aliphatic heterocycles. The number of thioether (sulfide) groups is 1. The van der Waals surface area contributed by atoms with Crippen molar-refractivity contribution in [3.63, 3.8) is 0 Å². The van der Waals surface area contributed by atoms with Gasteiger partial charge in [0.25, 0.3) is 0 Å².